The van der Waals surface area contributed by atoms with Crippen molar-refractivity contribution in [2.45, 2.75) is 42.2 Å². The summed E-state index contributed by atoms with van der Waals surface area (Å²) in [6, 6.07) is 6.28. The molecule has 1 amide bonds. The maximum atomic E-state index is 12.0. The molecule has 1 aromatic rings. The van der Waals surface area contributed by atoms with Gasteiger partial charge in [-0.15, -0.1) is 0 Å². The van der Waals surface area contributed by atoms with E-state index in [-0.39, 0.29) is 10.8 Å². The van der Waals surface area contributed by atoms with Gasteiger partial charge in [-0.25, -0.2) is 12.7 Å². The van der Waals surface area contributed by atoms with Crippen molar-refractivity contribution in [2.24, 2.45) is 0 Å². The van der Waals surface area contributed by atoms with Crippen LogP contribution in [0.3, 0.4) is 0 Å². The summed E-state index contributed by atoms with van der Waals surface area (Å²) in [5.74, 6) is 1.22. The van der Waals surface area contributed by atoms with Crippen LogP contribution in [0.25, 0.3) is 0 Å². The first-order valence-electron chi connectivity index (χ1n) is 8.00. The van der Waals surface area contributed by atoms with Crippen molar-refractivity contribution in [3.05, 3.63) is 24.3 Å². The lowest BCUT2D eigenvalue weighted by molar-refractivity contribution is -0.116. The van der Waals surface area contributed by atoms with Gasteiger partial charge >= 0.3 is 0 Å². The van der Waals surface area contributed by atoms with E-state index in [1.807, 2.05) is 21.6 Å². The van der Waals surface area contributed by atoms with Gasteiger partial charge in [0.25, 0.3) is 0 Å². The number of anilines is 1. The highest BCUT2D eigenvalue weighted by Crippen LogP contribution is 2.39. The summed E-state index contributed by atoms with van der Waals surface area (Å²) < 4.78 is 25.1. The largest absolute Gasteiger partial charge is 0.326 e. The van der Waals surface area contributed by atoms with Crippen LogP contribution in [0.2, 0.25) is 0 Å². The lowest BCUT2D eigenvalue weighted by Crippen LogP contribution is -2.22. The molecule has 1 saturated heterocycles. The Morgan fingerprint density at radius 2 is 1.96 bits per heavy atom. The molecule has 134 valence electrons. The summed E-state index contributed by atoms with van der Waals surface area (Å²) in [6.45, 7) is 0. The van der Waals surface area contributed by atoms with Crippen molar-refractivity contribution in [3.63, 3.8) is 0 Å². The van der Waals surface area contributed by atoms with E-state index in [4.69, 9.17) is 0 Å². The van der Waals surface area contributed by atoms with Gasteiger partial charge < -0.3 is 5.32 Å². The maximum absolute atomic E-state index is 12.0. The molecular weight excluding hydrogens is 364 g/mol. The highest BCUT2D eigenvalue weighted by molar-refractivity contribution is 8.77. The molecule has 0 saturated carbocycles. The Morgan fingerprint density at radius 3 is 2.54 bits per heavy atom. The second-order valence-corrected chi connectivity index (χ2v) is 10.9. The third-order valence-electron chi connectivity index (χ3n) is 3.82. The fourth-order valence-corrected chi connectivity index (χ4v) is 6.30. The van der Waals surface area contributed by atoms with Crippen LogP contribution in [0.15, 0.2) is 29.2 Å². The van der Waals surface area contributed by atoms with Gasteiger partial charge in [-0.1, -0.05) is 28.0 Å². The summed E-state index contributed by atoms with van der Waals surface area (Å²) >= 11 is 0. The highest BCUT2D eigenvalue weighted by Gasteiger charge is 2.17. The number of hydrogen-bond acceptors (Lipinski definition) is 5. The van der Waals surface area contributed by atoms with Crippen LogP contribution in [0.4, 0.5) is 5.69 Å². The number of amides is 1. The fraction of sp³-hybridized carbons (Fsp3) is 0.562. The summed E-state index contributed by atoms with van der Waals surface area (Å²) in [6.07, 6.45) is 4.93. The molecule has 5 nitrogen and oxygen atoms in total. The lowest BCUT2D eigenvalue weighted by atomic mass is 10.1. The van der Waals surface area contributed by atoms with Crippen LogP contribution in [0.1, 0.15) is 32.1 Å². The average molecular weight is 389 g/mol. The van der Waals surface area contributed by atoms with Crippen molar-refractivity contribution in [1.29, 1.82) is 0 Å². The van der Waals surface area contributed by atoms with Gasteiger partial charge in [0.2, 0.25) is 15.9 Å². The maximum Gasteiger partial charge on any atom is 0.242 e. The minimum absolute atomic E-state index is 0.0216. The molecule has 0 aliphatic carbocycles. The Labute approximate surface area is 152 Å². The first-order chi connectivity index (χ1) is 11.4. The second-order valence-electron chi connectivity index (χ2n) is 5.93. The first kappa shape index (κ1) is 19.6. The van der Waals surface area contributed by atoms with Crippen LogP contribution in [-0.2, 0) is 14.8 Å². The van der Waals surface area contributed by atoms with E-state index < -0.39 is 10.0 Å². The topological polar surface area (TPSA) is 66.5 Å². The first-order valence-corrected chi connectivity index (χ1v) is 11.8. The average Bonchev–Trinajstić information content (AvgIpc) is 3.05. The molecule has 0 aromatic heterocycles. The molecule has 1 aliphatic heterocycles. The molecular formula is C16H24N2O3S3. The van der Waals surface area contributed by atoms with Gasteiger partial charge in [-0.2, -0.15) is 0 Å². The van der Waals surface area contributed by atoms with Gasteiger partial charge in [-0.05, 0) is 43.5 Å². The number of rotatable bonds is 8. The Balaban J connectivity index is 1.75. The molecule has 1 aromatic carbocycles. The number of carbonyl (C=O) groups is 1. The molecule has 0 bridgehead atoms. The summed E-state index contributed by atoms with van der Waals surface area (Å²) in [7, 11) is 3.47. The van der Waals surface area contributed by atoms with E-state index in [0.717, 1.165) is 18.1 Å². The highest BCUT2D eigenvalue weighted by atomic mass is 33.1. The van der Waals surface area contributed by atoms with Crippen LogP contribution < -0.4 is 5.32 Å². The molecule has 2 rings (SSSR count). The summed E-state index contributed by atoms with van der Waals surface area (Å²) in [4.78, 5) is 12.2. The minimum atomic E-state index is -3.43. The van der Waals surface area contributed by atoms with E-state index >= 15 is 0 Å². The molecule has 1 fully saturated rings. The predicted molar refractivity (Wildman–Crippen MR) is 103 cm³/mol. The van der Waals surface area contributed by atoms with Crippen molar-refractivity contribution in [2.75, 3.05) is 25.2 Å². The Morgan fingerprint density at radius 1 is 1.25 bits per heavy atom. The van der Waals surface area contributed by atoms with Gasteiger partial charge in [0.1, 0.15) is 0 Å². The van der Waals surface area contributed by atoms with Crippen LogP contribution in [-0.4, -0.2) is 43.7 Å². The molecule has 0 radical (unpaired) electrons. The third kappa shape index (κ3) is 5.68. The summed E-state index contributed by atoms with van der Waals surface area (Å²) in [5, 5.41) is 3.58. The Kier molecular flexibility index (Phi) is 7.46. The predicted octanol–water partition coefficient (Wildman–Crippen LogP) is 3.59. The van der Waals surface area contributed by atoms with Gasteiger partial charge in [0, 0.05) is 37.2 Å². The third-order valence-corrected chi connectivity index (χ3v) is 8.66. The van der Waals surface area contributed by atoms with Crippen LogP contribution >= 0.6 is 21.6 Å². The summed E-state index contributed by atoms with van der Waals surface area (Å²) in [5.41, 5.74) is 0.625. The molecule has 8 heteroatoms. The number of nitrogens with zero attached hydrogens (tertiary/aromatic N) is 1. The molecule has 1 atom stereocenters. The van der Waals surface area contributed by atoms with Gasteiger partial charge in [0.15, 0.2) is 0 Å². The van der Waals surface area contributed by atoms with Gasteiger partial charge in [0.05, 0.1) is 4.90 Å². The number of carbonyl (C=O) groups excluding carboxylic acids is 1. The molecule has 24 heavy (non-hydrogen) atoms. The SMILES string of the molecule is CN(C)S(=O)(=O)c1ccc(NC(=O)CCCC[C@H]2CCSS2)cc1. The monoisotopic (exact) mass is 388 g/mol. The van der Waals surface area contributed by atoms with E-state index in [2.05, 4.69) is 5.32 Å². The minimum Gasteiger partial charge on any atom is -0.326 e. The smallest absolute Gasteiger partial charge is 0.242 e. The number of benzene rings is 1. The second kappa shape index (κ2) is 9.12. The zero-order valence-corrected chi connectivity index (χ0v) is 16.5. The van der Waals surface area contributed by atoms with E-state index in [1.54, 1.807) is 12.1 Å². The van der Waals surface area contributed by atoms with E-state index in [0.29, 0.717) is 12.1 Å². The zero-order chi connectivity index (χ0) is 17.6. The number of nitrogens with one attached hydrogen (secondary N) is 1. The van der Waals surface area contributed by atoms with Crippen molar-refractivity contribution in [3.8, 4) is 0 Å². The van der Waals surface area contributed by atoms with E-state index in [1.165, 1.54) is 49.1 Å². The molecule has 0 spiro atoms. The lowest BCUT2D eigenvalue weighted by Gasteiger charge is -2.12. The Hall–Kier alpha value is -0.700. The number of sulfonamides is 1. The van der Waals surface area contributed by atoms with Crippen LogP contribution in [0, 0.1) is 0 Å². The van der Waals surface area contributed by atoms with Crippen molar-refractivity contribution >= 4 is 43.2 Å². The van der Waals surface area contributed by atoms with Gasteiger partial charge in [-0.3, -0.25) is 4.79 Å². The molecule has 1 N–H and O–H groups in total. The van der Waals surface area contributed by atoms with Crippen molar-refractivity contribution < 1.29 is 13.2 Å². The van der Waals surface area contributed by atoms with Crippen molar-refractivity contribution in [1.82, 2.24) is 4.31 Å². The molecule has 1 heterocycles. The quantitative estimate of drug-likeness (QED) is 0.544. The zero-order valence-electron chi connectivity index (χ0n) is 14.0. The molecule has 1 aliphatic rings. The van der Waals surface area contributed by atoms with E-state index in [9.17, 15) is 13.2 Å². The molecule has 0 unspecified atom stereocenters. The number of unbranched alkanes of at least 4 members (excludes halogenated alkanes) is 1. The van der Waals surface area contributed by atoms with Crippen LogP contribution in [0.5, 0.6) is 0 Å². The normalized spacial score (nSPS) is 18.0. The fourth-order valence-electron chi connectivity index (χ4n) is 2.37. The Bertz CT molecular complexity index is 639. The standard InChI is InChI=1S/C16H24N2O3S3/c1-18(2)24(20,21)15-9-7-13(8-10-15)17-16(19)6-4-3-5-14-11-12-22-23-14/h7-10,14H,3-6,11-12H2,1-2H3,(H,17,19)/t14-/m0/s1. The number of hydrogen-bond donors (Lipinski definition) is 1.